The molecule has 94 valence electrons. The highest BCUT2D eigenvalue weighted by Gasteiger charge is 2.01. The summed E-state index contributed by atoms with van der Waals surface area (Å²) in [5.41, 5.74) is 0. The number of hydrogen-bond donors (Lipinski definition) is 1. The molecule has 0 amide bonds. The van der Waals surface area contributed by atoms with Crippen LogP contribution in [-0.4, -0.2) is 23.6 Å². The molecule has 1 aromatic carbocycles. The fraction of sp³-hybridized carbons (Fsp3) is 0.231. The number of ether oxygens (including phenoxy) is 1. The van der Waals surface area contributed by atoms with Crippen LogP contribution >= 0.6 is 0 Å². The lowest BCUT2D eigenvalue weighted by molar-refractivity contribution is 0.470. The molecule has 0 aliphatic carbocycles. The van der Waals surface area contributed by atoms with Gasteiger partial charge < -0.3 is 10.1 Å². The van der Waals surface area contributed by atoms with E-state index in [1.807, 2.05) is 7.05 Å². The normalized spacial score (nSPS) is 10.3. The van der Waals surface area contributed by atoms with Crippen LogP contribution in [0.25, 0.3) is 0 Å². The number of rotatable bonds is 5. The molecule has 1 heterocycles. The van der Waals surface area contributed by atoms with Crippen molar-refractivity contribution in [2.45, 2.75) is 6.42 Å². The number of nitrogens with one attached hydrogen (secondary N) is 1. The standard InChI is InChI=1S/C13H14FN3O/c1-15-6-5-13-16-8-12(9-17-13)18-11-4-2-3-10(14)7-11/h2-4,7-9,15H,5-6H2,1H3. The van der Waals surface area contributed by atoms with E-state index in [4.69, 9.17) is 4.74 Å². The van der Waals surface area contributed by atoms with Gasteiger partial charge in [0, 0.05) is 19.0 Å². The predicted octanol–water partition coefficient (Wildman–Crippen LogP) is 2.17. The third-order valence-corrected chi connectivity index (χ3v) is 2.31. The van der Waals surface area contributed by atoms with Gasteiger partial charge in [0.25, 0.3) is 0 Å². The van der Waals surface area contributed by atoms with E-state index >= 15 is 0 Å². The average molecular weight is 247 g/mol. The molecule has 0 bridgehead atoms. The summed E-state index contributed by atoms with van der Waals surface area (Å²) in [7, 11) is 1.88. The van der Waals surface area contributed by atoms with E-state index in [0.29, 0.717) is 11.5 Å². The highest BCUT2D eigenvalue weighted by atomic mass is 19.1. The number of nitrogens with zero attached hydrogens (tertiary/aromatic N) is 2. The van der Waals surface area contributed by atoms with Crippen molar-refractivity contribution >= 4 is 0 Å². The molecule has 4 nitrogen and oxygen atoms in total. The van der Waals surface area contributed by atoms with Crippen molar-refractivity contribution in [3.63, 3.8) is 0 Å². The zero-order chi connectivity index (χ0) is 12.8. The van der Waals surface area contributed by atoms with Gasteiger partial charge in [-0.15, -0.1) is 0 Å². The Labute approximate surface area is 105 Å². The fourth-order valence-corrected chi connectivity index (χ4v) is 1.43. The smallest absolute Gasteiger partial charge is 0.164 e. The van der Waals surface area contributed by atoms with Gasteiger partial charge in [-0.2, -0.15) is 0 Å². The zero-order valence-electron chi connectivity index (χ0n) is 10.1. The summed E-state index contributed by atoms with van der Waals surface area (Å²) < 4.78 is 18.4. The fourth-order valence-electron chi connectivity index (χ4n) is 1.43. The maximum Gasteiger partial charge on any atom is 0.164 e. The van der Waals surface area contributed by atoms with Gasteiger partial charge in [-0.05, 0) is 19.2 Å². The van der Waals surface area contributed by atoms with Crippen LogP contribution in [0, 0.1) is 5.82 Å². The Morgan fingerprint density at radius 3 is 2.67 bits per heavy atom. The molecular formula is C13H14FN3O. The summed E-state index contributed by atoms with van der Waals surface area (Å²) in [6.45, 7) is 0.824. The lowest BCUT2D eigenvalue weighted by atomic mass is 10.3. The van der Waals surface area contributed by atoms with Crippen LogP contribution in [-0.2, 0) is 6.42 Å². The van der Waals surface area contributed by atoms with Gasteiger partial charge in [-0.25, -0.2) is 14.4 Å². The first-order chi connectivity index (χ1) is 8.78. The van der Waals surface area contributed by atoms with Crippen molar-refractivity contribution in [1.29, 1.82) is 0 Å². The third kappa shape index (κ3) is 3.49. The van der Waals surface area contributed by atoms with E-state index in [2.05, 4.69) is 15.3 Å². The first-order valence-corrected chi connectivity index (χ1v) is 5.67. The molecule has 18 heavy (non-hydrogen) atoms. The van der Waals surface area contributed by atoms with Crippen LogP contribution in [0.3, 0.4) is 0 Å². The van der Waals surface area contributed by atoms with Crippen molar-refractivity contribution in [1.82, 2.24) is 15.3 Å². The minimum atomic E-state index is -0.334. The number of benzene rings is 1. The maximum absolute atomic E-state index is 13.0. The highest BCUT2D eigenvalue weighted by molar-refractivity contribution is 5.28. The van der Waals surface area contributed by atoms with Gasteiger partial charge in [-0.3, -0.25) is 0 Å². The van der Waals surface area contributed by atoms with Gasteiger partial charge >= 0.3 is 0 Å². The molecule has 0 saturated carbocycles. The Morgan fingerprint density at radius 2 is 2.00 bits per heavy atom. The molecule has 2 rings (SSSR count). The molecule has 0 radical (unpaired) electrons. The third-order valence-electron chi connectivity index (χ3n) is 2.31. The van der Waals surface area contributed by atoms with Crippen LogP contribution in [0.15, 0.2) is 36.7 Å². The summed E-state index contributed by atoms with van der Waals surface area (Å²) in [6, 6.07) is 5.95. The van der Waals surface area contributed by atoms with Crippen LogP contribution in [0.2, 0.25) is 0 Å². The Hall–Kier alpha value is -2.01. The second kappa shape index (κ2) is 6.07. The number of likely N-dealkylation sites (N-methyl/N-ethyl adjacent to an activating group) is 1. The van der Waals surface area contributed by atoms with E-state index in [1.54, 1.807) is 24.5 Å². The van der Waals surface area contributed by atoms with Crippen molar-refractivity contribution in [2.75, 3.05) is 13.6 Å². The topological polar surface area (TPSA) is 47.0 Å². The SMILES string of the molecule is CNCCc1ncc(Oc2cccc(F)c2)cn1. The molecule has 0 unspecified atom stereocenters. The quantitative estimate of drug-likeness (QED) is 0.879. The Kier molecular flexibility index (Phi) is 4.20. The van der Waals surface area contributed by atoms with Gasteiger partial charge in [-0.1, -0.05) is 6.07 Å². The highest BCUT2D eigenvalue weighted by Crippen LogP contribution is 2.20. The molecule has 0 atom stereocenters. The molecule has 0 saturated heterocycles. The molecule has 1 N–H and O–H groups in total. The largest absolute Gasteiger partial charge is 0.454 e. The summed E-state index contributed by atoms with van der Waals surface area (Å²) in [4.78, 5) is 8.33. The summed E-state index contributed by atoms with van der Waals surface area (Å²) in [5, 5.41) is 3.02. The maximum atomic E-state index is 13.0. The van der Waals surface area contributed by atoms with Crippen molar-refractivity contribution in [3.8, 4) is 11.5 Å². The van der Waals surface area contributed by atoms with E-state index < -0.39 is 0 Å². The van der Waals surface area contributed by atoms with E-state index in [1.165, 1.54) is 12.1 Å². The first kappa shape index (κ1) is 12.4. The van der Waals surface area contributed by atoms with Crippen LogP contribution in [0.5, 0.6) is 11.5 Å². The molecule has 0 spiro atoms. The predicted molar refractivity (Wildman–Crippen MR) is 66.1 cm³/mol. The Bertz CT molecular complexity index is 502. The van der Waals surface area contributed by atoms with Crippen molar-refractivity contribution < 1.29 is 9.13 Å². The van der Waals surface area contributed by atoms with Crippen molar-refractivity contribution in [2.24, 2.45) is 0 Å². The molecule has 5 heteroatoms. The Morgan fingerprint density at radius 1 is 1.22 bits per heavy atom. The van der Waals surface area contributed by atoms with Gasteiger partial charge in [0.15, 0.2) is 5.75 Å². The molecule has 1 aromatic heterocycles. The van der Waals surface area contributed by atoms with Crippen LogP contribution in [0.1, 0.15) is 5.82 Å². The summed E-state index contributed by atoms with van der Waals surface area (Å²) in [5.74, 6) is 1.34. The Balaban J connectivity index is 2.02. The minimum absolute atomic E-state index is 0.334. The van der Waals surface area contributed by atoms with Crippen LogP contribution in [0.4, 0.5) is 4.39 Å². The lowest BCUT2D eigenvalue weighted by Crippen LogP contribution is -2.12. The first-order valence-electron chi connectivity index (χ1n) is 5.67. The molecule has 0 fully saturated rings. The molecular weight excluding hydrogens is 233 g/mol. The van der Waals surface area contributed by atoms with Gasteiger partial charge in [0.1, 0.15) is 17.4 Å². The van der Waals surface area contributed by atoms with Crippen molar-refractivity contribution in [3.05, 3.63) is 48.3 Å². The van der Waals surface area contributed by atoms with E-state index in [9.17, 15) is 4.39 Å². The summed E-state index contributed by atoms with van der Waals surface area (Å²) in [6.07, 6.45) is 3.93. The van der Waals surface area contributed by atoms with Gasteiger partial charge in [0.2, 0.25) is 0 Å². The molecule has 0 aliphatic rings. The van der Waals surface area contributed by atoms with Crippen LogP contribution < -0.4 is 10.1 Å². The number of aromatic nitrogens is 2. The van der Waals surface area contributed by atoms with Gasteiger partial charge in [0.05, 0.1) is 12.4 Å². The van der Waals surface area contributed by atoms with E-state index in [0.717, 1.165) is 18.8 Å². The zero-order valence-corrected chi connectivity index (χ0v) is 10.1. The lowest BCUT2D eigenvalue weighted by Gasteiger charge is -2.05. The number of hydrogen-bond acceptors (Lipinski definition) is 4. The number of halogens is 1. The molecule has 2 aromatic rings. The monoisotopic (exact) mass is 247 g/mol. The second-order valence-corrected chi connectivity index (χ2v) is 3.75. The summed E-state index contributed by atoms with van der Waals surface area (Å²) >= 11 is 0. The second-order valence-electron chi connectivity index (χ2n) is 3.75. The average Bonchev–Trinajstić information content (AvgIpc) is 2.38. The molecule has 0 aliphatic heterocycles. The van der Waals surface area contributed by atoms with E-state index in [-0.39, 0.29) is 5.82 Å². The minimum Gasteiger partial charge on any atom is -0.454 e.